The molecule has 1 aromatic heterocycles. The van der Waals surface area contributed by atoms with Crippen molar-refractivity contribution in [3.63, 3.8) is 0 Å². The highest BCUT2D eigenvalue weighted by Gasteiger charge is 2.41. The van der Waals surface area contributed by atoms with Crippen molar-refractivity contribution in [1.82, 2.24) is 15.1 Å². The number of ether oxygens (including phenoxy) is 1. The number of nitrogens with zero attached hydrogens (tertiary/aromatic N) is 2. The van der Waals surface area contributed by atoms with Gasteiger partial charge in [-0.15, -0.1) is 0 Å². The number of aromatic nitrogens is 2. The van der Waals surface area contributed by atoms with Gasteiger partial charge in [-0.05, 0) is 18.9 Å². The first-order valence-electron chi connectivity index (χ1n) is 7.61. The molecule has 23 heavy (non-hydrogen) atoms. The molecule has 0 aliphatic heterocycles. The highest BCUT2D eigenvalue weighted by atomic mass is 16.5. The average molecular weight is 323 g/mol. The lowest BCUT2D eigenvalue weighted by Crippen LogP contribution is -2.55. The first-order chi connectivity index (χ1) is 11.0. The Hall–Kier alpha value is -2.22. The third-order valence-corrected chi connectivity index (χ3v) is 4.08. The predicted molar refractivity (Wildman–Crippen MR) is 81.3 cm³/mol. The SMILES string of the molecule is COCCn1nc(C(=O)NC2(C(=O)O)CCCCC2)ccc1=O. The van der Waals surface area contributed by atoms with E-state index in [0.29, 0.717) is 12.8 Å². The van der Waals surface area contributed by atoms with Gasteiger partial charge in [-0.1, -0.05) is 19.3 Å². The largest absolute Gasteiger partial charge is 0.480 e. The lowest BCUT2D eigenvalue weighted by Gasteiger charge is -2.33. The number of rotatable bonds is 6. The molecule has 0 bridgehead atoms. The van der Waals surface area contributed by atoms with E-state index < -0.39 is 17.4 Å². The molecule has 0 saturated heterocycles. The van der Waals surface area contributed by atoms with Gasteiger partial charge in [-0.2, -0.15) is 5.10 Å². The fourth-order valence-corrected chi connectivity index (χ4v) is 2.74. The highest BCUT2D eigenvalue weighted by molar-refractivity contribution is 5.96. The summed E-state index contributed by atoms with van der Waals surface area (Å²) in [6.07, 6.45) is 3.28. The van der Waals surface area contributed by atoms with Crippen LogP contribution in [-0.2, 0) is 16.1 Å². The van der Waals surface area contributed by atoms with Crippen LogP contribution in [0.25, 0.3) is 0 Å². The minimum absolute atomic E-state index is 0.0203. The third-order valence-electron chi connectivity index (χ3n) is 4.08. The van der Waals surface area contributed by atoms with E-state index in [1.807, 2.05) is 0 Å². The van der Waals surface area contributed by atoms with E-state index in [9.17, 15) is 19.5 Å². The molecule has 1 aliphatic rings. The number of carbonyl (C=O) groups excluding carboxylic acids is 1. The van der Waals surface area contributed by atoms with Crippen molar-refractivity contribution in [1.29, 1.82) is 0 Å². The van der Waals surface area contributed by atoms with E-state index >= 15 is 0 Å². The first-order valence-corrected chi connectivity index (χ1v) is 7.61. The highest BCUT2D eigenvalue weighted by Crippen LogP contribution is 2.28. The molecule has 2 rings (SSSR count). The summed E-state index contributed by atoms with van der Waals surface area (Å²) in [5.41, 5.74) is -1.57. The number of aliphatic carboxylic acids is 1. The van der Waals surface area contributed by atoms with Gasteiger partial charge in [0, 0.05) is 13.2 Å². The van der Waals surface area contributed by atoms with E-state index in [4.69, 9.17) is 4.74 Å². The topological polar surface area (TPSA) is 111 Å². The Labute approximate surface area is 133 Å². The van der Waals surface area contributed by atoms with Crippen LogP contribution < -0.4 is 10.9 Å². The van der Waals surface area contributed by atoms with Crippen LogP contribution >= 0.6 is 0 Å². The number of nitrogens with one attached hydrogen (secondary N) is 1. The maximum absolute atomic E-state index is 12.4. The Kier molecular flexibility index (Phi) is 5.49. The molecular formula is C15H21N3O5. The fraction of sp³-hybridized carbons (Fsp3) is 0.600. The summed E-state index contributed by atoms with van der Waals surface area (Å²) in [6.45, 7) is 0.511. The molecule has 0 atom stereocenters. The number of amides is 1. The lowest BCUT2D eigenvalue weighted by atomic mass is 9.81. The molecule has 0 radical (unpaired) electrons. The second-order valence-electron chi connectivity index (χ2n) is 5.67. The Morgan fingerprint density at radius 1 is 1.35 bits per heavy atom. The van der Waals surface area contributed by atoms with Gasteiger partial charge in [-0.25, -0.2) is 9.48 Å². The molecule has 1 heterocycles. The standard InChI is InChI=1S/C15H21N3O5/c1-23-10-9-18-12(19)6-5-11(17-18)13(20)16-15(14(21)22)7-3-2-4-8-15/h5-6H,2-4,7-10H2,1H3,(H,16,20)(H,21,22). The monoisotopic (exact) mass is 323 g/mol. The molecule has 1 amide bonds. The van der Waals surface area contributed by atoms with E-state index in [1.54, 1.807) is 0 Å². The van der Waals surface area contributed by atoms with Crippen molar-refractivity contribution in [2.45, 2.75) is 44.2 Å². The zero-order valence-electron chi connectivity index (χ0n) is 13.1. The lowest BCUT2D eigenvalue weighted by molar-refractivity contribution is -0.145. The molecule has 126 valence electrons. The average Bonchev–Trinajstić information content (AvgIpc) is 2.54. The molecule has 8 nitrogen and oxygen atoms in total. The number of hydrogen-bond acceptors (Lipinski definition) is 5. The number of carbonyl (C=O) groups is 2. The van der Waals surface area contributed by atoms with E-state index in [2.05, 4.69) is 10.4 Å². The van der Waals surface area contributed by atoms with Gasteiger partial charge in [0.15, 0.2) is 0 Å². The Balaban J connectivity index is 2.19. The van der Waals surface area contributed by atoms with Gasteiger partial charge in [0.05, 0.1) is 13.2 Å². The predicted octanol–water partition coefficient (Wildman–Crippen LogP) is 0.407. The summed E-state index contributed by atoms with van der Waals surface area (Å²) in [7, 11) is 1.50. The summed E-state index contributed by atoms with van der Waals surface area (Å²) < 4.78 is 6.02. The zero-order chi connectivity index (χ0) is 16.9. The zero-order valence-corrected chi connectivity index (χ0v) is 13.1. The summed E-state index contributed by atoms with van der Waals surface area (Å²) in [6, 6.07) is 2.55. The third kappa shape index (κ3) is 3.95. The van der Waals surface area contributed by atoms with Gasteiger partial charge >= 0.3 is 5.97 Å². The van der Waals surface area contributed by atoms with E-state index in [-0.39, 0.29) is 24.4 Å². The van der Waals surface area contributed by atoms with Crippen molar-refractivity contribution in [3.8, 4) is 0 Å². The summed E-state index contributed by atoms with van der Waals surface area (Å²) in [5, 5.41) is 16.1. The number of hydrogen-bond donors (Lipinski definition) is 2. The smallest absolute Gasteiger partial charge is 0.329 e. The van der Waals surface area contributed by atoms with Crippen molar-refractivity contribution in [3.05, 3.63) is 28.2 Å². The quantitative estimate of drug-likeness (QED) is 0.784. The molecular weight excluding hydrogens is 302 g/mol. The molecule has 0 aromatic carbocycles. The Morgan fingerprint density at radius 2 is 2.04 bits per heavy atom. The number of carboxylic acid groups (broad SMARTS) is 1. The van der Waals surface area contributed by atoms with E-state index in [0.717, 1.165) is 23.9 Å². The van der Waals surface area contributed by atoms with Crippen LogP contribution in [0.15, 0.2) is 16.9 Å². The molecule has 0 spiro atoms. The molecule has 8 heteroatoms. The van der Waals surface area contributed by atoms with Gasteiger partial charge in [0.25, 0.3) is 11.5 Å². The molecule has 0 unspecified atom stereocenters. The van der Waals surface area contributed by atoms with Gasteiger partial charge < -0.3 is 15.2 Å². The summed E-state index contributed by atoms with van der Waals surface area (Å²) in [4.78, 5) is 35.7. The fourth-order valence-electron chi connectivity index (χ4n) is 2.74. The van der Waals surface area contributed by atoms with Gasteiger partial charge in [-0.3, -0.25) is 9.59 Å². The number of carboxylic acids is 1. The van der Waals surface area contributed by atoms with Gasteiger partial charge in [0.2, 0.25) is 0 Å². The molecule has 1 saturated carbocycles. The second kappa shape index (κ2) is 7.36. The van der Waals surface area contributed by atoms with Crippen LogP contribution in [0.4, 0.5) is 0 Å². The van der Waals surface area contributed by atoms with Crippen molar-refractivity contribution < 1.29 is 19.4 Å². The van der Waals surface area contributed by atoms with Crippen LogP contribution in [0, 0.1) is 0 Å². The van der Waals surface area contributed by atoms with Crippen LogP contribution in [-0.4, -0.2) is 46.0 Å². The Bertz CT molecular complexity index is 634. The van der Waals surface area contributed by atoms with Gasteiger partial charge in [0.1, 0.15) is 11.2 Å². The van der Waals surface area contributed by atoms with Crippen LogP contribution in [0.5, 0.6) is 0 Å². The minimum Gasteiger partial charge on any atom is -0.480 e. The summed E-state index contributed by atoms with van der Waals surface area (Å²) in [5.74, 6) is -1.61. The van der Waals surface area contributed by atoms with Crippen molar-refractivity contribution in [2.24, 2.45) is 0 Å². The summed E-state index contributed by atoms with van der Waals surface area (Å²) >= 11 is 0. The van der Waals surface area contributed by atoms with Crippen molar-refractivity contribution in [2.75, 3.05) is 13.7 Å². The number of methoxy groups -OCH3 is 1. The molecule has 1 aliphatic carbocycles. The van der Waals surface area contributed by atoms with Crippen LogP contribution in [0.2, 0.25) is 0 Å². The van der Waals surface area contributed by atoms with Crippen LogP contribution in [0.1, 0.15) is 42.6 Å². The first kappa shape index (κ1) is 17.1. The maximum atomic E-state index is 12.4. The molecule has 2 N–H and O–H groups in total. The minimum atomic E-state index is -1.25. The second-order valence-corrected chi connectivity index (χ2v) is 5.67. The Morgan fingerprint density at radius 3 is 2.65 bits per heavy atom. The molecule has 1 aromatic rings. The van der Waals surface area contributed by atoms with Crippen molar-refractivity contribution >= 4 is 11.9 Å². The normalized spacial score (nSPS) is 16.7. The van der Waals surface area contributed by atoms with E-state index in [1.165, 1.54) is 19.2 Å². The molecule has 1 fully saturated rings. The maximum Gasteiger partial charge on any atom is 0.329 e. The van der Waals surface area contributed by atoms with Crippen LogP contribution in [0.3, 0.4) is 0 Å².